The maximum absolute atomic E-state index is 4.72. The molecule has 0 aliphatic carbocycles. The molecule has 0 spiro atoms. The SMILES string of the molecule is C.C.Cc1ncco1. The Kier molecular flexibility index (Phi) is 5.60. The molecule has 0 aliphatic rings. The molecule has 1 aromatic rings. The van der Waals surface area contributed by atoms with Crippen molar-refractivity contribution in [1.82, 2.24) is 4.98 Å². The maximum atomic E-state index is 4.72. The van der Waals surface area contributed by atoms with Crippen LogP contribution in [0.25, 0.3) is 0 Å². The molecule has 0 atom stereocenters. The van der Waals surface area contributed by atoms with Crippen molar-refractivity contribution >= 4 is 0 Å². The highest BCUT2D eigenvalue weighted by Crippen LogP contribution is 1.86. The van der Waals surface area contributed by atoms with Crippen molar-refractivity contribution in [3.63, 3.8) is 0 Å². The zero-order valence-corrected chi connectivity index (χ0v) is 3.51. The average Bonchev–Trinajstić information content (AvgIpc) is 1.86. The van der Waals surface area contributed by atoms with E-state index in [9.17, 15) is 0 Å². The van der Waals surface area contributed by atoms with E-state index in [2.05, 4.69) is 4.98 Å². The maximum Gasteiger partial charge on any atom is 0.190 e. The number of nitrogens with zero attached hydrogens (tertiary/aromatic N) is 1. The van der Waals surface area contributed by atoms with Crippen LogP contribution in [0.4, 0.5) is 0 Å². The standard InChI is InChI=1S/C4H5NO.2CH4/c1-4-5-2-3-6-4;;/h2-3H,1H3;2*1H4. The highest BCUT2D eigenvalue weighted by Gasteiger charge is 1.77. The van der Waals surface area contributed by atoms with Crippen molar-refractivity contribution in [1.29, 1.82) is 0 Å². The summed E-state index contributed by atoms with van der Waals surface area (Å²) in [6.07, 6.45) is 3.17. The number of hydrogen-bond acceptors (Lipinski definition) is 2. The van der Waals surface area contributed by atoms with Gasteiger partial charge in [-0.25, -0.2) is 4.98 Å². The molecule has 0 saturated heterocycles. The van der Waals surface area contributed by atoms with Crippen LogP contribution in [0.5, 0.6) is 0 Å². The molecule has 0 unspecified atom stereocenters. The van der Waals surface area contributed by atoms with Gasteiger partial charge < -0.3 is 4.42 Å². The summed E-state index contributed by atoms with van der Waals surface area (Å²) in [5.74, 6) is 0.718. The van der Waals surface area contributed by atoms with Crippen molar-refractivity contribution in [2.75, 3.05) is 0 Å². The fraction of sp³-hybridized carbons (Fsp3) is 0.500. The largest absolute Gasteiger partial charge is 0.449 e. The Morgan fingerprint density at radius 3 is 2.25 bits per heavy atom. The molecular weight excluding hydrogens is 102 g/mol. The summed E-state index contributed by atoms with van der Waals surface area (Å²) in [7, 11) is 0. The van der Waals surface area contributed by atoms with Crippen LogP contribution < -0.4 is 0 Å². The molecule has 0 aromatic carbocycles. The highest BCUT2D eigenvalue weighted by molar-refractivity contribution is 4.72. The van der Waals surface area contributed by atoms with Gasteiger partial charge in [-0.3, -0.25) is 0 Å². The quantitative estimate of drug-likeness (QED) is 0.518. The molecule has 0 aliphatic heterocycles. The predicted octanol–water partition coefficient (Wildman–Crippen LogP) is 2.26. The molecular formula is C6H13NO. The van der Waals surface area contributed by atoms with E-state index in [4.69, 9.17) is 4.42 Å². The fourth-order valence-electron chi connectivity index (χ4n) is 0.295. The smallest absolute Gasteiger partial charge is 0.190 e. The van der Waals surface area contributed by atoms with Gasteiger partial charge in [-0.2, -0.15) is 0 Å². The molecule has 8 heavy (non-hydrogen) atoms. The molecule has 48 valence electrons. The Balaban J connectivity index is 0. The zero-order valence-electron chi connectivity index (χ0n) is 3.51. The Morgan fingerprint density at radius 2 is 2.12 bits per heavy atom. The molecule has 2 heteroatoms. The molecule has 0 N–H and O–H groups in total. The molecule has 1 aromatic heterocycles. The molecule has 0 amide bonds. The van der Waals surface area contributed by atoms with Crippen molar-refractivity contribution < 1.29 is 4.42 Å². The second kappa shape index (κ2) is 4.37. The van der Waals surface area contributed by atoms with E-state index in [-0.39, 0.29) is 14.9 Å². The zero-order chi connectivity index (χ0) is 4.41. The van der Waals surface area contributed by atoms with Gasteiger partial charge in [0.05, 0.1) is 6.20 Å². The van der Waals surface area contributed by atoms with Crippen LogP contribution in [0, 0.1) is 6.92 Å². The Morgan fingerprint density at radius 1 is 1.50 bits per heavy atom. The van der Waals surface area contributed by atoms with Crippen LogP contribution >= 0.6 is 0 Å². The number of aryl methyl sites for hydroxylation is 1. The van der Waals surface area contributed by atoms with Gasteiger partial charge in [-0.15, -0.1) is 0 Å². The summed E-state index contributed by atoms with van der Waals surface area (Å²) in [6.45, 7) is 1.81. The van der Waals surface area contributed by atoms with Crippen molar-refractivity contribution in [2.24, 2.45) is 0 Å². The topological polar surface area (TPSA) is 26.0 Å². The highest BCUT2D eigenvalue weighted by atomic mass is 16.3. The summed E-state index contributed by atoms with van der Waals surface area (Å²) in [4.78, 5) is 3.75. The van der Waals surface area contributed by atoms with E-state index >= 15 is 0 Å². The molecule has 0 saturated carbocycles. The van der Waals surface area contributed by atoms with Gasteiger partial charge in [-0.1, -0.05) is 14.9 Å². The lowest BCUT2D eigenvalue weighted by molar-refractivity contribution is 0.521. The number of hydrogen-bond donors (Lipinski definition) is 0. The van der Waals surface area contributed by atoms with E-state index in [1.54, 1.807) is 19.4 Å². The Hall–Kier alpha value is -0.790. The predicted molar refractivity (Wildman–Crippen MR) is 34.7 cm³/mol. The van der Waals surface area contributed by atoms with Crippen molar-refractivity contribution in [3.05, 3.63) is 18.4 Å². The Bertz CT molecular complexity index is 112. The van der Waals surface area contributed by atoms with Gasteiger partial charge in [0.25, 0.3) is 0 Å². The second-order valence-corrected chi connectivity index (χ2v) is 1.05. The second-order valence-electron chi connectivity index (χ2n) is 1.05. The number of rotatable bonds is 0. The first-order valence-electron chi connectivity index (χ1n) is 1.75. The van der Waals surface area contributed by atoms with Crippen molar-refractivity contribution in [2.45, 2.75) is 21.8 Å². The summed E-state index contributed by atoms with van der Waals surface area (Å²) in [5, 5.41) is 0. The lowest BCUT2D eigenvalue weighted by Crippen LogP contribution is -1.59. The van der Waals surface area contributed by atoms with Gasteiger partial charge >= 0.3 is 0 Å². The molecule has 0 bridgehead atoms. The lowest BCUT2D eigenvalue weighted by Gasteiger charge is -1.67. The summed E-state index contributed by atoms with van der Waals surface area (Å²) < 4.78 is 4.72. The first kappa shape index (κ1) is 10.2. The van der Waals surface area contributed by atoms with Crippen molar-refractivity contribution in [3.8, 4) is 0 Å². The first-order valence-corrected chi connectivity index (χ1v) is 1.75. The van der Waals surface area contributed by atoms with Gasteiger partial charge in [0.2, 0.25) is 0 Å². The number of oxazole rings is 1. The molecule has 1 heterocycles. The molecule has 0 fully saturated rings. The van der Waals surface area contributed by atoms with Crippen LogP contribution in [-0.2, 0) is 0 Å². The van der Waals surface area contributed by atoms with Gasteiger partial charge in [0.1, 0.15) is 6.26 Å². The van der Waals surface area contributed by atoms with E-state index in [1.807, 2.05) is 0 Å². The lowest BCUT2D eigenvalue weighted by atomic mass is 10.8. The van der Waals surface area contributed by atoms with Crippen LogP contribution in [0.2, 0.25) is 0 Å². The van der Waals surface area contributed by atoms with Gasteiger partial charge in [0.15, 0.2) is 5.89 Å². The Labute approximate surface area is 50.6 Å². The third-order valence-electron chi connectivity index (χ3n) is 0.556. The average molecular weight is 115 g/mol. The third-order valence-corrected chi connectivity index (χ3v) is 0.556. The normalized spacial score (nSPS) is 6.62. The van der Waals surface area contributed by atoms with Crippen LogP contribution in [0.15, 0.2) is 16.9 Å². The number of aromatic nitrogens is 1. The summed E-state index contributed by atoms with van der Waals surface area (Å²) in [6, 6.07) is 0. The van der Waals surface area contributed by atoms with E-state index in [0.29, 0.717) is 0 Å². The van der Waals surface area contributed by atoms with Crippen LogP contribution in [-0.4, -0.2) is 4.98 Å². The minimum atomic E-state index is 0. The van der Waals surface area contributed by atoms with Gasteiger partial charge in [0, 0.05) is 6.92 Å². The van der Waals surface area contributed by atoms with E-state index < -0.39 is 0 Å². The van der Waals surface area contributed by atoms with E-state index in [0.717, 1.165) is 5.89 Å². The fourth-order valence-corrected chi connectivity index (χ4v) is 0.295. The van der Waals surface area contributed by atoms with Crippen LogP contribution in [0.3, 0.4) is 0 Å². The summed E-state index contributed by atoms with van der Waals surface area (Å²) >= 11 is 0. The minimum Gasteiger partial charge on any atom is -0.449 e. The van der Waals surface area contributed by atoms with Crippen LogP contribution in [0.1, 0.15) is 20.7 Å². The molecule has 1 rings (SSSR count). The van der Waals surface area contributed by atoms with E-state index in [1.165, 1.54) is 0 Å². The monoisotopic (exact) mass is 115 g/mol. The molecule has 2 nitrogen and oxygen atoms in total. The summed E-state index contributed by atoms with van der Waals surface area (Å²) in [5.41, 5.74) is 0. The molecule has 0 radical (unpaired) electrons. The minimum absolute atomic E-state index is 0. The first-order chi connectivity index (χ1) is 2.89. The third kappa shape index (κ3) is 2.39. The van der Waals surface area contributed by atoms with Gasteiger partial charge in [-0.05, 0) is 0 Å².